The van der Waals surface area contributed by atoms with E-state index in [1.54, 1.807) is 0 Å². The molecule has 0 atom stereocenters. The molecule has 1 aromatic rings. The van der Waals surface area contributed by atoms with Crippen molar-refractivity contribution in [2.24, 2.45) is 5.92 Å². The van der Waals surface area contributed by atoms with Crippen molar-refractivity contribution in [2.75, 3.05) is 0 Å². The molecule has 0 saturated carbocycles. The Kier molecular flexibility index (Phi) is 1.85. The van der Waals surface area contributed by atoms with Crippen LogP contribution in [0, 0.1) is 5.92 Å². The number of carbonyl (C=O) groups is 1. The van der Waals surface area contributed by atoms with Crippen LogP contribution in [0.25, 0.3) is 0 Å². The van der Waals surface area contributed by atoms with Gasteiger partial charge < -0.3 is 4.42 Å². The highest BCUT2D eigenvalue weighted by molar-refractivity contribution is 5.94. The van der Waals surface area contributed by atoms with Gasteiger partial charge in [-0.3, -0.25) is 4.79 Å². The molecule has 0 aliphatic carbocycles. The Morgan fingerprint density at radius 3 is 2.80 bits per heavy atom. The lowest BCUT2D eigenvalue weighted by atomic mass is 10.1. The van der Waals surface area contributed by atoms with Crippen molar-refractivity contribution in [3.05, 3.63) is 18.4 Å². The zero-order valence-corrected chi connectivity index (χ0v) is 6.00. The number of carbonyl (C=O) groups excluding carboxylic acids is 1. The zero-order chi connectivity index (χ0) is 7.56. The summed E-state index contributed by atoms with van der Waals surface area (Å²) < 4.78 is 4.80. The van der Waals surface area contributed by atoms with Crippen LogP contribution in [-0.4, -0.2) is 10.8 Å². The number of hydrogen-bond donors (Lipinski definition) is 0. The fraction of sp³-hybridized carbons (Fsp3) is 0.429. The van der Waals surface area contributed by atoms with Crippen molar-refractivity contribution < 1.29 is 9.21 Å². The summed E-state index contributed by atoms with van der Waals surface area (Å²) in [6.45, 7) is 3.65. The molecule has 0 spiro atoms. The molecule has 0 bridgehead atoms. The van der Waals surface area contributed by atoms with Gasteiger partial charge in [0.25, 0.3) is 0 Å². The van der Waals surface area contributed by atoms with Gasteiger partial charge in [-0.15, -0.1) is 0 Å². The van der Waals surface area contributed by atoms with Gasteiger partial charge in [0.1, 0.15) is 0 Å². The number of nitrogens with zero attached hydrogens (tertiary/aromatic N) is 1. The third kappa shape index (κ3) is 1.23. The Labute approximate surface area is 59.1 Å². The van der Waals surface area contributed by atoms with Crippen LogP contribution in [0.15, 0.2) is 17.0 Å². The Morgan fingerprint density at radius 2 is 2.40 bits per heavy atom. The van der Waals surface area contributed by atoms with Crippen molar-refractivity contribution in [3.63, 3.8) is 0 Å². The van der Waals surface area contributed by atoms with Gasteiger partial charge in [-0.25, -0.2) is 4.98 Å². The number of oxazole rings is 1. The van der Waals surface area contributed by atoms with Crippen molar-refractivity contribution in [2.45, 2.75) is 13.8 Å². The number of Topliss-reactive ketones (excluding diaryl/α,β-unsaturated/α-hetero) is 1. The standard InChI is InChI=1S/C7H9NO2/c1-5(2)7(9)6-3-8-4-10-6/h3-5H,1-2H3. The lowest BCUT2D eigenvalue weighted by molar-refractivity contribution is 0.0911. The van der Waals surface area contributed by atoms with Crippen LogP contribution in [0.3, 0.4) is 0 Å². The highest BCUT2D eigenvalue weighted by atomic mass is 16.3. The minimum atomic E-state index is -0.0204. The molecule has 0 fully saturated rings. The maximum atomic E-state index is 11.1. The van der Waals surface area contributed by atoms with Crippen molar-refractivity contribution >= 4 is 5.78 Å². The maximum Gasteiger partial charge on any atom is 0.202 e. The van der Waals surface area contributed by atoms with E-state index in [0.29, 0.717) is 5.76 Å². The van der Waals surface area contributed by atoms with E-state index in [1.807, 2.05) is 13.8 Å². The molecule has 0 aliphatic heterocycles. The van der Waals surface area contributed by atoms with E-state index >= 15 is 0 Å². The summed E-state index contributed by atoms with van der Waals surface area (Å²) in [5.74, 6) is 0.320. The fourth-order valence-corrected chi connectivity index (χ4v) is 0.622. The molecular weight excluding hydrogens is 130 g/mol. The zero-order valence-electron chi connectivity index (χ0n) is 6.00. The molecule has 10 heavy (non-hydrogen) atoms. The Balaban J connectivity index is 2.78. The van der Waals surface area contributed by atoms with Gasteiger partial charge in [-0.1, -0.05) is 13.8 Å². The second kappa shape index (κ2) is 2.64. The summed E-state index contributed by atoms with van der Waals surface area (Å²) in [5, 5.41) is 0. The second-order valence-electron chi connectivity index (χ2n) is 2.38. The van der Waals surface area contributed by atoms with Crippen molar-refractivity contribution in [1.82, 2.24) is 4.98 Å². The highest BCUT2D eigenvalue weighted by Crippen LogP contribution is 2.05. The fourth-order valence-electron chi connectivity index (χ4n) is 0.622. The summed E-state index contributed by atoms with van der Waals surface area (Å²) in [6.07, 6.45) is 2.69. The third-order valence-corrected chi connectivity index (χ3v) is 1.20. The van der Waals surface area contributed by atoms with Gasteiger partial charge in [0.15, 0.2) is 12.2 Å². The van der Waals surface area contributed by atoms with E-state index in [4.69, 9.17) is 4.42 Å². The molecule has 0 radical (unpaired) electrons. The average Bonchev–Trinajstić information content (AvgIpc) is 2.36. The smallest absolute Gasteiger partial charge is 0.202 e. The van der Waals surface area contributed by atoms with Crippen molar-refractivity contribution in [3.8, 4) is 0 Å². The second-order valence-corrected chi connectivity index (χ2v) is 2.38. The average molecular weight is 139 g/mol. The summed E-state index contributed by atoms with van der Waals surface area (Å²) >= 11 is 0. The van der Waals surface area contributed by atoms with Crippen molar-refractivity contribution in [1.29, 1.82) is 0 Å². The maximum absolute atomic E-state index is 11.1. The highest BCUT2D eigenvalue weighted by Gasteiger charge is 2.12. The molecule has 0 unspecified atom stereocenters. The largest absolute Gasteiger partial charge is 0.440 e. The summed E-state index contributed by atoms with van der Waals surface area (Å²) in [6, 6.07) is 0. The van der Waals surface area contributed by atoms with Gasteiger partial charge in [-0.2, -0.15) is 0 Å². The molecule has 0 amide bonds. The van der Waals surface area contributed by atoms with E-state index in [2.05, 4.69) is 4.98 Å². The summed E-state index contributed by atoms with van der Waals surface area (Å²) in [5.41, 5.74) is 0. The minimum absolute atomic E-state index is 0.00231. The molecule has 0 aromatic carbocycles. The first-order valence-electron chi connectivity index (χ1n) is 3.14. The number of aromatic nitrogens is 1. The van der Waals surface area contributed by atoms with Crippen LogP contribution in [0.5, 0.6) is 0 Å². The first-order chi connectivity index (χ1) is 4.72. The van der Waals surface area contributed by atoms with Gasteiger partial charge in [0.2, 0.25) is 5.78 Å². The quantitative estimate of drug-likeness (QED) is 0.583. The first kappa shape index (κ1) is 6.99. The first-order valence-corrected chi connectivity index (χ1v) is 3.14. The Bertz CT molecular complexity index is 214. The van der Waals surface area contributed by atoms with Crippen LogP contribution in [0.2, 0.25) is 0 Å². The van der Waals surface area contributed by atoms with E-state index in [9.17, 15) is 4.79 Å². The lowest BCUT2D eigenvalue weighted by Crippen LogP contribution is -2.05. The lowest BCUT2D eigenvalue weighted by Gasteiger charge is -1.96. The van der Waals surface area contributed by atoms with E-state index < -0.39 is 0 Å². The molecule has 0 N–H and O–H groups in total. The minimum Gasteiger partial charge on any atom is -0.440 e. The SMILES string of the molecule is CC(C)C(=O)c1cnco1. The van der Waals surface area contributed by atoms with Crippen LogP contribution in [-0.2, 0) is 0 Å². The summed E-state index contributed by atoms with van der Waals surface area (Å²) in [7, 11) is 0. The molecular formula is C7H9NO2. The molecule has 1 aromatic heterocycles. The van der Waals surface area contributed by atoms with Crippen LogP contribution in [0.1, 0.15) is 24.4 Å². The van der Waals surface area contributed by atoms with E-state index in [0.717, 1.165) is 0 Å². The number of hydrogen-bond acceptors (Lipinski definition) is 3. The molecule has 3 nitrogen and oxygen atoms in total. The normalized spacial score (nSPS) is 10.3. The molecule has 0 saturated heterocycles. The van der Waals surface area contributed by atoms with Gasteiger partial charge in [0, 0.05) is 5.92 Å². The number of rotatable bonds is 2. The Hall–Kier alpha value is -1.12. The van der Waals surface area contributed by atoms with E-state index in [-0.39, 0.29) is 11.7 Å². The molecule has 3 heteroatoms. The topological polar surface area (TPSA) is 43.1 Å². The van der Waals surface area contributed by atoms with Crippen LogP contribution >= 0.6 is 0 Å². The summed E-state index contributed by atoms with van der Waals surface area (Å²) in [4.78, 5) is 14.7. The van der Waals surface area contributed by atoms with Crippen LogP contribution in [0.4, 0.5) is 0 Å². The molecule has 1 rings (SSSR count). The van der Waals surface area contributed by atoms with E-state index in [1.165, 1.54) is 12.6 Å². The molecule has 1 heterocycles. The monoisotopic (exact) mass is 139 g/mol. The van der Waals surface area contributed by atoms with Gasteiger partial charge in [0.05, 0.1) is 6.20 Å². The molecule has 54 valence electrons. The van der Waals surface area contributed by atoms with Gasteiger partial charge >= 0.3 is 0 Å². The third-order valence-electron chi connectivity index (χ3n) is 1.20. The Morgan fingerprint density at radius 1 is 1.70 bits per heavy atom. The van der Waals surface area contributed by atoms with Gasteiger partial charge in [-0.05, 0) is 0 Å². The number of ketones is 1. The van der Waals surface area contributed by atoms with Crippen LogP contribution < -0.4 is 0 Å². The molecule has 0 aliphatic rings. The predicted molar refractivity (Wildman–Crippen MR) is 35.7 cm³/mol. The predicted octanol–water partition coefficient (Wildman–Crippen LogP) is 1.51.